The summed E-state index contributed by atoms with van der Waals surface area (Å²) in [5.74, 6) is 0.256. The van der Waals surface area contributed by atoms with Gasteiger partial charge in [-0.25, -0.2) is 9.80 Å². The summed E-state index contributed by atoms with van der Waals surface area (Å²) in [4.78, 5) is 23.7. The second kappa shape index (κ2) is 8.64. The van der Waals surface area contributed by atoms with Crippen LogP contribution in [0.4, 0.5) is 0 Å². The lowest BCUT2D eigenvalue weighted by atomic mass is 9.80. The fourth-order valence-electron chi connectivity index (χ4n) is 3.63. The van der Waals surface area contributed by atoms with Crippen LogP contribution in [0.5, 0.6) is 0 Å². The van der Waals surface area contributed by atoms with E-state index in [9.17, 15) is 14.7 Å². The summed E-state index contributed by atoms with van der Waals surface area (Å²) in [5, 5.41) is 14.1. The average Bonchev–Trinajstić information content (AvgIpc) is 2.96. The predicted octanol–water partition coefficient (Wildman–Crippen LogP) is 2.02. The summed E-state index contributed by atoms with van der Waals surface area (Å²) >= 11 is 0. The van der Waals surface area contributed by atoms with E-state index < -0.39 is 0 Å². The second-order valence-corrected chi connectivity index (χ2v) is 7.21. The van der Waals surface area contributed by atoms with E-state index in [-0.39, 0.29) is 18.0 Å². The van der Waals surface area contributed by atoms with Crippen molar-refractivity contribution >= 4 is 11.9 Å². The van der Waals surface area contributed by atoms with Crippen molar-refractivity contribution in [1.82, 2.24) is 10.0 Å². The van der Waals surface area contributed by atoms with Crippen LogP contribution < -0.4 is 0 Å². The lowest BCUT2D eigenvalue weighted by Crippen LogP contribution is -2.42. The molecule has 0 bridgehead atoms. The van der Waals surface area contributed by atoms with Gasteiger partial charge in [0.1, 0.15) is 0 Å². The minimum Gasteiger partial charge on any atom is -0.465 e. The molecule has 1 amide bonds. The summed E-state index contributed by atoms with van der Waals surface area (Å²) in [6.45, 7) is 2.08. The molecular formula is C20H28N2O4. The number of nitrogens with zero attached hydrogens (tertiary/aromatic N) is 2. The smallest absolute Gasteiger partial charge is 0.337 e. The largest absolute Gasteiger partial charge is 0.465 e. The van der Waals surface area contributed by atoms with Gasteiger partial charge in [0.25, 0.3) is 0 Å². The number of esters is 1. The van der Waals surface area contributed by atoms with Gasteiger partial charge < -0.3 is 9.84 Å². The van der Waals surface area contributed by atoms with Crippen molar-refractivity contribution in [3.63, 3.8) is 0 Å². The summed E-state index contributed by atoms with van der Waals surface area (Å²) in [7, 11) is 1.37. The molecule has 6 nitrogen and oxygen atoms in total. The Morgan fingerprint density at radius 1 is 1.27 bits per heavy atom. The molecule has 1 atom stereocenters. The number of hydrogen-bond acceptors (Lipinski definition) is 5. The molecule has 142 valence electrons. The summed E-state index contributed by atoms with van der Waals surface area (Å²) in [5.41, 5.74) is 1.60. The number of hydrazine groups is 1. The van der Waals surface area contributed by atoms with E-state index in [1.54, 1.807) is 12.1 Å². The summed E-state index contributed by atoms with van der Waals surface area (Å²) < 4.78 is 4.70. The standard InChI is InChI=1S/C20H28N2O4/c1-26-20(25)17-7-5-15(6-8-17)9-14-22-19(24)11-13-21(22)12-10-18(23)16-3-2-4-16/h5-8,16,18,23H,2-4,9-14H2,1H3. The molecule has 3 rings (SSSR count). The van der Waals surface area contributed by atoms with Gasteiger partial charge >= 0.3 is 5.97 Å². The fraction of sp³-hybridized carbons (Fsp3) is 0.600. The van der Waals surface area contributed by atoms with E-state index >= 15 is 0 Å². The van der Waals surface area contributed by atoms with Crippen molar-refractivity contribution in [2.24, 2.45) is 5.92 Å². The van der Waals surface area contributed by atoms with Crippen LogP contribution >= 0.6 is 0 Å². The molecule has 0 spiro atoms. The average molecular weight is 360 g/mol. The van der Waals surface area contributed by atoms with Gasteiger partial charge in [0.05, 0.1) is 18.8 Å². The van der Waals surface area contributed by atoms with Crippen LogP contribution in [0.2, 0.25) is 0 Å². The normalized spacial score (nSPS) is 19.5. The second-order valence-electron chi connectivity index (χ2n) is 7.21. The molecule has 1 aliphatic carbocycles. The Morgan fingerprint density at radius 2 is 2.00 bits per heavy atom. The molecule has 1 unspecified atom stereocenters. The van der Waals surface area contributed by atoms with Crippen molar-refractivity contribution in [3.05, 3.63) is 35.4 Å². The number of rotatable bonds is 8. The first kappa shape index (κ1) is 18.9. The summed E-state index contributed by atoms with van der Waals surface area (Å²) in [6, 6.07) is 7.30. The number of ether oxygens (including phenoxy) is 1. The fourth-order valence-corrected chi connectivity index (χ4v) is 3.63. The van der Waals surface area contributed by atoms with Gasteiger partial charge in [-0.2, -0.15) is 0 Å². The van der Waals surface area contributed by atoms with Crippen LogP contribution in [0.15, 0.2) is 24.3 Å². The SMILES string of the molecule is COC(=O)c1ccc(CCN2C(=O)CCN2CCC(O)C2CCC2)cc1. The number of aliphatic hydroxyl groups is 1. The van der Waals surface area contributed by atoms with Gasteiger partial charge in [0.15, 0.2) is 0 Å². The third-order valence-corrected chi connectivity index (χ3v) is 5.58. The van der Waals surface area contributed by atoms with E-state index in [0.717, 1.165) is 44.3 Å². The Morgan fingerprint density at radius 3 is 2.62 bits per heavy atom. The molecule has 1 saturated heterocycles. The van der Waals surface area contributed by atoms with Gasteiger partial charge in [0.2, 0.25) is 5.91 Å². The molecule has 1 saturated carbocycles. The number of methoxy groups -OCH3 is 1. The highest BCUT2D eigenvalue weighted by Gasteiger charge is 2.31. The lowest BCUT2D eigenvalue weighted by Gasteiger charge is -2.33. The van der Waals surface area contributed by atoms with Crippen molar-refractivity contribution in [1.29, 1.82) is 0 Å². The van der Waals surface area contributed by atoms with E-state index in [1.807, 2.05) is 17.1 Å². The zero-order valence-corrected chi connectivity index (χ0v) is 15.4. The van der Waals surface area contributed by atoms with Gasteiger partial charge in [0, 0.05) is 26.1 Å². The molecule has 0 aromatic heterocycles. The first-order valence-electron chi connectivity index (χ1n) is 9.49. The van der Waals surface area contributed by atoms with Crippen molar-refractivity contribution in [3.8, 4) is 0 Å². The third kappa shape index (κ3) is 4.43. The van der Waals surface area contributed by atoms with E-state index in [1.165, 1.54) is 13.5 Å². The monoisotopic (exact) mass is 360 g/mol. The number of carbonyl (C=O) groups is 2. The van der Waals surface area contributed by atoms with Crippen molar-refractivity contribution in [2.45, 2.75) is 44.6 Å². The summed E-state index contributed by atoms with van der Waals surface area (Å²) in [6.07, 6.45) is 5.24. The van der Waals surface area contributed by atoms with Crippen LogP contribution in [-0.2, 0) is 16.0 Å². The molecule has 1 aliphatic heterocycles. The highest BCUT2D eigenvalue weighted by atomic mass is 16.5. The molecule has 2 fully saturated rings. The van der Waals surface area contributed by atoms with E-state index in [4.69, 9.17) is 4.74 Å². The molecule has 1 N–H and O–H groups in total. The Balaban J connectivity index is 1.49. The maximum atomic E-state index is 12.2. The highest BCUT2D eigenvalue weighted by Crippen LogP contribution is 2.31. The predicted molar refractivity (Wildman–Crippen MR) is 97.4 cm³/mol. The first-order valence-corrected chi connectivity index (χ1v) is 9.49. The molecular weight excluding hydrogens is 332 g/mol. The zero-order valence-electron chi connectivity index (χ0n) is 15.4. The number of benzene rings is 1. The number of hydrogen-bond donors (Lipinski definition) is 1. The van der Waals surface area contributed by atoms with Crippen molar-refractivity contribution in [2.75, 3.05) is 26.7 Å². The molecule has 1 heterocycles. The van der Waals surface area contributed by atoms with E-state index in [2.05, 4.69) is 5.01 Å². The van der Waals surface area contributed by atoms with Gasteiger partial charge in [-0.1, -0.05) is 18.6 Å². The maximum absolute atomic E-state index is 12.2. The molecule has 0 radical (unpaired) electrons. The van der Waals surface area contributed by atoms with Crippen LogP contribution in [0.1, 0.15) is 48.0 Å². The topological polar surface area (TPSA) is 70.1 Å². The van der Waals surface area contributed by atoms with Crippen LogP contribution in [-0.4, -0.2) is 59.8 Å². The Bertz CT molecular complexity index is 627. The Kier molecular flexibility index (Phi) is 6.27. The zero-order chi connectivity index (χ0) is 18.5. The molecule has 1 aromatic rings. The van der Waals surface area contributed by atoms with Crippen molar-refractivity contribution < 1.29 is 19.4 Å². The Hall–Kier alpha value is -1.92. The maximum Gasteiger partial charge on any atom is 0.337 e. The molecule has 1 aromatic carbocycles. The van der Waals surface area contributed by atoms with Gasteiger partial charge in [-0.15, -0.1) is 0 Å². The first-order chi connectivity index (χ1) is 12.6. The molecule has 26 heavy (non-hydrogen) atoms. The molecule has 2 aliphatic rings. The number of amides is 1. The minimum absolute atomic E-state index is 0.148. The quantitative estimate of drug-likeness (QED) is 0.718. The Labute approximate surface area is 154 Å². The number of aliphatic hydroxyl groups excluding tert-OH is 1. The lowest BCUT2D eigenvalue weighted by molar-refractivity contribution is -0.138. The van der Waals surface area contributed by atoms with Gasteiger partial charge in [-0.3, -0.25) is 9.80 Å². The third-order valence-electron chi connectivity index (χ3n) is 5.58. The van der Waals surface area contributed by atoms with Crippen LogP contribution in [0.25, 0.3) is 0 Å². The van der Waals surface area contributed by atoms with E-state index in [0.29, 0.717) is 24.4 Å². The molecule has 6 heteroatoms. The van der Waals surface area contributed by atoms with Crippen LogP contribution in [0.3, 0.4) is 0 Å². The number of carbonyl (C=O) groups excluding carboxylic acids is 2. The van der Waals surface area contributed by atoms with Crippen LogP contribution in [0, 0.1) is 5.92 Å². The highest BCUT2D eigenvalue weighted by molar-refractivity contribution is 5.89. The minimum atomic E-state index is -0.345. The van der Waals surface area contributed by atoms with Gasteiger partial charge in [-0.05, 0) is 49.3 Å².